The Hall–Kier alpha value is -3.46. The second-order valence-electron chi connectivity index (χ2n) is 8.82. The van der Waals surface area contributed by atoms with Crippen LogP contribution in [0.15, 0.2) is 60.7 Å². The van der Waals surface area contributed by atoms with Crippen molar-refractivity contribution in [1.29, 1.82) is 0 Å². The Morgan fingerprint density at radius 2 is 1.38 bits per heavy atom. The summed E-state index contributed by atoms with van der Waals surface area (Å²) in [5.74, 6) is -1.08. The smallest absolute Gasteiger partial charge is 0.408 e. The molecule has 0 unspecified atom stereocenters. The molecule has 182 valence electrons. The molecule has 5 N–H and O–H groups in total. The van der Waals surface area contributed by atoms with Gasteiger partial charge in [0, 0.05) is 6.42 Å². The third-order valence-electron chi connectivity index (χ3n) is 4.64. The Labute approximate surface area is 205 Å². The molecule has 0 heterocycles. The summed E-state index contributed by atoms with van der Waals surface area (Å²) in [5.41, 5.74) is 6.34. The number of hydrogen-bond donors (Lipinski definition) is 4. The van der Waals surface area contributed by atoms with E-state index in [4.69, 9.17) is 22.7 Å². The van der Waals surface area contributed by atoms with Gasteiger partial charge in [0.25, 0.3) is 0 Å². The predicted octanol–water partition coefficient (Wildman–Crippen LogP) is 2.25. The highest BCUT2D eigenvalue weighted by atomic mass is 32.1. The molecule has 2 rings (SSSR count). The van der Waals surface area contributed by atoms with E-state index in [2.05, 4.69) is 16.0 Å². The molecule has 34 heavy (non-hydrogen) atoms. The van der Waals surface area contributed by atoms with Crippen LogP contribution in [0.25, 0.3) is 0 Å². The summed E-state index contributed by atoms with van der Waals surface area (Å²) < 4.78 is 5.40. The van der Waals surface area contributed by atoms with Crippen LogP contribution in [0.5, 0.6) is 0 Å². The number of hydrogen-bond acceptors (Lipinski definition) is 5. The van der Waals surface area contributed by atoms with Crippen molar-refractivity contribution in [2.75, 3.05) is 6.54 Å². The number of carbonyl (C=O) groups excluding carboxylic acids is 3. The lowest BCUT2D eigenvalue weighted by Crippen LogP contribution is -2.55. The lowest BCUT2D eigenvalue weighted by molar-refractivity contribution is -0.126. The fourth-order valence-electron chi connectivity index (χ4n) is 3.14. The maximum Gasteiger partial charge on any atom is 0.408 e. The van der Waals surface area contributed by atoms with Crippen molar-refractivity contribution in [2.45, 2.75) is 51.3 Å². The Kier molecular flexibility index (Phi) is 10.0. The highest BCUT2D eigenvalue weighted by molar-refractivity contribution is 7.80. The second-order valence-corrected chi connectivity index (χ2v) is 9.26. The minimum absolute atomic E-state index is 0.268. The van der Waals surface area contributed by atoms with Gasteiger partial charge in [-0.1, -0.05) is 72.9 Å². The van der Waals surface area contributed by atoms with E-state index in [1.165, 1.54) is 0 Å². The molecule has 0 spiro atoms. The van der Waals surface area contributed by atoms with Crippen LogP contribution in [0.3, 0.4) is 0 Å². The number of amides is 3. The second kappa shape index (κ2) is 12.7. The minimum Gasteiger partial charge on any atom is -0.444 e. The quantitative estimate of drug-likeness (QED) is 0.384. The zero-order chi connectivity index (χ0) is 25.1. The SMILES string of the molecule is CC(C)(C)OC(=O)N[C@@H](Cc1ccccc1)C(=S)N[C@@H](Cc1ccccc1)C(=O)NCC(N)=O. The molecule has 0 aromatic heterocycles. The molecule has 9 heteroatoms. The van der Waals surface area contributed by atoms with Gasteiger partial charge in [0.2, 0.25) is 11.8 Å². The number of primary amides is 1. The molecular formula is C25H32N4O4S. The van der Waals surface area contributed by atoms with Gasteiger partial charge in [0.05, 0.1) is 17.6 Å². The Balaban J connectivity index is 2.21. The number of nitrogens with two attached hydrogens (primary N) is 1. The van der Waals surface area contributed by atoms with Crippen LogP contribution < -0.4 is 21.7 Å². The first-order valence-electron chi connectivity index (χ1n) is 11.0. The van der Waals surface area contributed by atoms with Crippen molar-refractivity contribution in [3.05, 3.63) is 71.8 Å². The average molecular weight is 485 g/mol. The summed E-state index contributed by atoms with van der Waals surface area (Å²) >= 11 is 5.63. The van der Waals surface area contributed by atoms with Crippen molar-refractivity contribution in [3.8, 4) is 0 Å². The highest BCUT2D eigenvalue weighted by Crippen LogP contribution is 2.10. The van der Waals surface area contributed by atoms with Crippen LogP contribution in [0, 0.1) is 0 Å². The topological polar surface area (TPSA) is 123 Å². The average Bonchev–Trinajstić information content (AvgIpc) is 2.76. The molecule has 0 saturated carbocycles. The maximum atomic E-state index is 12.8. The van der Waals surface area contributed by atoms with Gasteiger partial charge in [-0.15, -0.1) is 0 Å². The molecule has 2 aromatic rings. The first-order valence-corrected chi connectivity index (χ1v) is 11.4. The number of rotatable bonds is 10. The fourth-order valence-corrected chi connectivity index (χ4v) is 3.42. The van der Waals surface area contributed by atoms with Crippen LogP contribution in [0.2, 0.25) is 0 Å². The van der Waals surface area contributed by atoms with Gasteiger partial charge in [0.1, 0.15) is 11.6 Å². The molecule has 3 amide bonds. The van der Waals surface area contributed by atoms with Crippen LogP contribution in [-0.4, -0.2) is 47.1 Å². The zero-order valence-corrected chi connectivity index (χ0v) is 20.5. The third-order valence-corrected chi connectivity index (χ3v) is 5.04. The van der Waals surface area contributed by atoms with Crippen molar-refractivity contribution in [3.63, 3.8) is 0 Å². The third kappa shape index (κ3) is 9.99. The van der Waals surface area contributed by atoms with Crippen LogP contribution in [0.1, 0.15) is 31.9 Å². The van der Waals surface area contributed by atoms with Gasteiger partial charge >= 0.3 is 6.09 Å². The zero-order valence-electron chi connectivity index (χ0n) is 19.7. The number of alkyl carbamates (subject to hydrolysis) is 1. The molecular weight excluding hydrogens is 452 g/mol. The molecule has 0 bridgehead atoms. The summed E-state index contributed by atoms with van der Waals surface area (Å²) in [4.78, 5) is 36.7. The Morgan fingerprint density at radius 3 is 1.85 bits per heavy atom. The van der Waals surface area contributed by atoms with Crippen LogP contribution in [-0.2, 0) is 27.2 Å². The largest absolute Gasteiger partial charge is 0.444 e. The van der Waals surface area contributed by atoms with Crippen molar-refractivity contribution >= 4 is 35.1 Å². The molecule has 0 radical (unpaired) electrons. The molecule has 2 atom stereocenters. The number of thiocarbonyl (C=S) groups is 1. The van der Waals surface area contributed by atoms with Gasteiger partial charge in [-0.3, -0.25) is 9.59 Å². The van der Waals surface area contributed by atoms with E-state index >= 15 is 0 Å². The molecule has 0 fully saturated rings. The number of ether oxygens (including phenoxy) is 1. The van der Waals surface area contributed by atoms with E-state index in [0.29, 0.717) is 12.8 Å². The minimum atomic E-state index is -0.784. The van der Waals surface area contributed by atoms with Crippen LogP contribution >= 0.6 is 12.2 Å². The molecule has 0 aliphatic heterocycles. The van der Waals surface area contributed by atoms with Gasteiger partial charge in [-0.25, -0.2) is 4.79 Å². The van der Waals surface area contributed by atoms with Gasteiger partial charge in [-0.05, 0) is 38.3 Å². The van der Waals surface area contributed by atoms with Gasteiger partial charge in [-0.2, -0.15) is 0 Å². The number of benzene rings is 2. The van der Waals surface area contributed by atoms with E-state index < -0.39 is 35.6 Å². The molecule has 0 aliphatic carbocycles. The maximum absolute atomic E-state index is 12.8. The summed E-state index contributed by atoms with van der Waals surface area (Å²) in [5, 5.41) is 8.40. The van der Waals surface area contributed by atoms with Crippen LogP contribution in [0.4, 0.5) is 4.79 Å². The molecule has 0 saturated heterocycles. The predicted molar refractivity (Wildman–Crippen MR) is 135 cm³/mol. The number of carbonyl (C=O) groups is 3. The monoisotopic (exact) mass is 484 g/mol. The lowest BCUT2D eigenvalue weighted by atomic mass is 10.0. The first-order chi connectivity index (χ1) is 16.0. The Bertz CT molecular complexity index is 977. The van der Waals surface area contributed by atoms with Crippen molar-refractivity contribution in [1.82, 2.24) is 16.0 Å². The number of nitrogens with one attached hydrogen (secondary N) is 3. The standard InChI is InChI=1S/C25H32N4O4S/c1-25(2,3)33-24(32)29-20(15-18-12-8-5-9-13-18)23(34)28-19(22(31)27-16-21(26)30)14-17-10-6-4-7-11-17/h4-13,19-20H,14-16H2,1-3H3,(H2,26,30)(H,27,31)(H,28,34)(H,29,32)/t19-,20-/m0/s1. The van der Waals surface area contributed by atoms with Crippen molar-refractivity contribution in [2.24, 2.45) is 5.73 Å². The Morgan fingerprint density at radius 1 is 0.882 bits per heavy atom. The lowest BCUT2D eigenvalue weighted by Gasteiger charge is -2.27. The summed E-state index contributed by atoms with van der Waals surface area (Å²) in [6.45, 7) is 5.03. The summed E-state index contributed by atoms with van der Waals surface area (Å²) in [6.07, 6.45) is 0.0959. The molecule has 0 aliphatic rings. The fraction of sp³-hybridized carbons (Fsp3) is 0.360. The van der Waals surface area contributed by atoms with E-state index in [1.807, 2.05) is 60.7 Å². The summed E-state index contributed by atoms with van der Waals surface area (Å²) in [6, 6.07) is 17.5. The summed E-state index contributed by atoms with van der Waals surface area (Å²) in [7, 11) is 0. The highest BCUT2D eigenvalue weighted by Gasteiger charge is 2.26. The van der Waals surface area contributed by atoms with Gasteiger partial charge in [0.15, 0.2) is 0 Å². The normalized spacial score (nSPS) is 12.7. The van der Waals surface area contributed by atoms with E-state index in [0.717, 1.165) is 11.1 Å². The van der Waals surface area contributed by atoms with E-state index in [-0.39, 0.29) is 11.5 Å². The van der Waals surface area contributed by atoms with Crippen molar-refractivity contribution < 1.29 is 19.1 Å². The molecule has 2 aromatic carbocycles. The molecule has 8 nitrogen and oxygen atoms in total. The van der Waals surface area contributed by atoms with Gasteiger partial charge < -0.3 is 26.4 Å². The first kappa shape index (κ1) is 26.8. The van der Waals surface area contributed by atoms with E-state index in [9.17, 15) is 14.4 Å². The van der Waals surface area contributed by atoms with E-state index in [1.54, 1.807) is 20.8 Å².